The molecular weight excluding hydrogens is 326 g/mol. The van der Waals surface area contributed by atoms with E-state index in [2.05, 4.69) is 9.62 Å². The van der Waals surface area contributed by atoms with Gasteiger partial charge in [-0.15, -0.1) is 0 Å². The summed E-state index contributed by atoms with van der Waals surface area (Å²) in [4.78, 5) is 2.35. The minimum absolute atomic E-state index is 0.357. The highest BCUT2D eigenvalue weighted by Gasteiger charge is 2.23. The van der Waals surface area contributed by atoms with E-state index in [0.29, 0.717) is 19.0 Å². The van der Waals surface area contributed by atoms with Crippen molar-refractivity contribution < 1.29 is 13.2 Å². The summed E-state index contributed by atoms with van der Waals surface area (Å²) in [5.74, 6) is 0.357. The summed E-state index contributed by atoms with van der Waals surface area (Å²) in [6.07, 6.45) is 2.17. The van der Waals surface area contributed by atoms with Crippen LogP contribution in [0.4, 0.5) is 0 Å². The van der Waals surface area contributed by atoms with Crippen molar-refractivity contribution in [2.24, 2.45) is 5.92 Å². The van der Waals surface area contributed by atoms with E-state index in [1.165, 1.54) is 4.31 Å². The lowest BCUT2D eigenvalue weighted by molar-refractivity contribution is 0.115. The molecule has 136 valence electrons. The van der Waals surface area contributed by atoms with E-state index in [4.69, 9.17) is 4.74 Å². The molecule has 1 aliphatic heterocycles. The molecule has 1 aliphatic rings. The molecule has 0 spiro atoms. The number of piperidine rings is 1. The van der Waals surface area contributed by atoms with E-state index >= 15 is 0 Å². The molecule has 2 rings (SSSR count). The highest BCUT2D eigenvalue weighted by Crippen LogP contribution is 2.16. The van der Waals surface area contributed by atoms with Crippen LogP contribution in [0.25, 0.3) is 0 Å². The Morgan fingerprint density at radius 2 is 2.08 bits per heavy atom. The number of nitrogens with one attached hydrogen (secondary N) is 1. The number of benzene rings is 1. The summed E-state index contributed by atoms with van der Waals surface area (Å²) in [7, 11) is -0.133. The molecule has 0 aliphatic carbocycles. The maximum atomic E-state index is 12.4. The molecule has 1 atom stereocenters. The molecule has 0 amide bonds. The molecule has 1 saturated heterocycles. The van der Waals surface area contributed by atoms with Crippen molar-refractivity contribution in [3.05, 3.63) is 35.9 Å². The average molecular weight is 356 g/mol. The van der Waals surface area contributed by atoms with E-state index < -0.39 is 10.2 Å². The van der Waals surface area contributed by atoms with Crippen molar-refractivity contribution in [2.75, 3.05) is 46.9 Å². The number of ether oxygens (including phenoxy) is 1. The van der Waals surface area contributed by atoms with Gasteiger partial charge in [-0.05, 0) is 30.9 Å². The summed E-state index contributed by atoms with van der Waals surface area (Å²) in [5.41, 5.74) is 0.980. The second kappa shape index (κ2) is 9.48. The van der Waals surface area contributed by atoms with Gasteiger partial charge in [0.15, 0.2) is 0 Å². The van der Waals surface area contributed by atoms with Crippen LogP contribution in [0.3, 0.4) is 0 Å². The van der Waals surface area contributed by atoms with E-state index in [1.54, 1.807) is 14.2 Å². The lowest BCUT2D eigenvalue weighted by atomic mass is 9.98. The average Bonchev–Trinajstić information content (AvgIpc) is 2.59. The fraction of sp³-hybridized carbons (Fsp3) is 0.647. The first kappa shape index (κ1) is 19.3. The highest BCUT2D eigenvalue weighted by molar-refractivity contribution is 7.87. The zero-order chi connectivity index (χ0) is 17.4. The van der Waals surface area contributed by atoms with Gasteiger partial charge in [-0.3, -0.25) is 0 Å². The zero-order valence-electron chi connectivity index (χ0n) is 14.6. The predicted octanol–water partition coefficient (Wildman–Crippen LogP) is 1.31. The van der Waals surface area contributed by atoms with Gasteiger partial charge < -0.3 is 9.64 Å². The highest BCUT2D eigenvalue weighted by atomic mass is 32.2. The van der Waals surface area contributed by atoms with Crippen LogP contribution in [0.5, 0.6) is 0 Å². The van der Waals surface area contributed by atoms with Crippen LogP contribution in [0, 0.1) is 5.92 Å². The van der Waals surface area contributed by atoms with Crippen LogP contribution in [0.15, 0.2) is 30.3 Å². The van der Waals surface area contributed by atoms with Crippen LogP contribution < -0.4 is 4.72 Å². The van der Waals surface area contributed by atoms with Crippen LogP contribution in [-0.2, 0) is 21.5 Å². The Morgan fingerprint density at radius 3 is 2.79 bits per heavy atom. The second-order valence-corrected chi connectivity index (χ2v) is 8.26. The van der Waals surface area contributed by atoms with Crippen LogP contribution in [0.1, 0.15) is 18.4 Å². The molecule has 0 aromatic heterocycles. The van der Waals surface area contributed by atoms with Gasteiger partial charge in [-0.25, -0.2) is 4.72 Å². The van der Waals surface area contributed by atoms with E-state index in [1.807, 2.05) is 30.3 Å². The molecule has 1 aromatic rings. The van der Waals surface area contributed by atoms with Gasteiger partial charge in [0, 0.05) is 40.3 Å². The Labute approximate surface area is 146 Å². The second-order valence-electron chi connectivity index (χ2n) is 6.40. The largest absolute Gasteiger partial charge is 0.383 e. The molecule has 1 fully saturated rings. The third-order valence-corrected chi connectivity index (χ3v) is 5.91. The maximum absolute atomic E-state index is 12.4. The van der Waals surface area contributed by atoms with Crippen molar-refractivity contribution in [3.63, 3.8) is 0 Å². The van der Waals surface area contributed by atoms with Gasteiger partial charge in [-0.1, -0.05) is 30.3 Å². The summed E-state index contributed by atoms with van der Waals surface area (Å²) >= 11 is 0. The lowest BCUT2D eigenvalue weighted by Crippen LogP contribution is -2.44. The van der Waals surface area contributed by atoms with E-state index in [-0.39, 0.29) is 0 Å². The quantitative estimate of drug-likeness (QED) is 0.726. The Bertz CT molecular complexity index is 580. The normalized spacial score (nSPS) is 19.7. The van der Waals surface area contributed by atoms with Crippen molar-refractivity contribution in [3.8, 4) is 0 Å². The topological polar surface area (TPSA) is 61.9 Å². The molecular formula is C17H29N3O3S. The summed E-state index contributed by atoms with van der Waals surface area (Å²) in [6, 6.07) is 9.62. The Morgan fingerprint density at radius 1 is 1.33 bits per heavy atom. The van der Waals surface area contributed by atoms with Crippen LogP contribution in [0.2, 0.25) is 0 Å². The predicted molar refractivity (Wildman–Crippen MR) is 95.9 cm³/mol. The van der Waals surface area contributed by atoms with Gasteiger partial charge in [-0.2, -0.15) is 12.7 Å². The lowest BCUT2D eigenvalue weighted by Gasteiger charge is -2.32. The van der Waals surface area contributed by atoms with Crippen LogP contribution in [-0.4, -0.2) is 64.6 Å². The first-order chi connectivity index (χ1) is 11.5. The Hall–Kier alpha value is -0.990. The SMILES string of the molecule is COCCN1CCCC(CNS(=O)(=O)N(C)Cc2ccccc2)C1. The zero-order valence-corrected chi connectivity index (χ0v) is 15.5. The Kier molecular flexibility index (Phi) is 7.64. The van der Waals surface area contributed by atoms with Gasteiger partial charge in [0.05, 0.1) is 6.61 Å². The standard InChI is InChI=1S/C17H29N3O3S/c1-19(14-16-7-4-3-5-8-16)24(21,22)18-13-17-9-6-10-20(15-17)11-12-23-2/h3-5,7-8,17-18H,6,9-15H2,1-2H3. The summed E-state index contributed by atoms with van der Waals surface area (Å²) < 4.78 is 34.1. The first-order valence-electron chi connectivity index (χ1n) is 8.47. The monoisotopic (exact) mass is 355 g/mol. The number of rotatable bonds is 9. The first-order valence-corrected chi connectivity index (χ1v) is 9.91. The number of hydrogen-bond donors (Lipinski definition) is 1. The van der Waals surface area contributed by atoms with Crippen molar-refractivity contribution >= 4 is 10.2 Å². The molecule has 1 unspecified atom stereocenters. The van der Waals surface area contributed by atoms with Crippen molar-refractivity contribution in [1.82, 2.24) is 13.9 Å². The van der Waals surface area contributed by atoms with Crippen LogP contribution >= 0.6 is 0 Å². The molecule has 6 nitrogen and oxygen atoms in total. The summed E-state index contributed by atoms with van der Waals surface area (Å²) in [5, 5.41) is 0. The smallest absolute Gasteiger partial charge is 0.279 e. The third kappa shape index (κ3) is 6.14. The van der Waals surface area contributed by atoms with Gasteiger partial charge >= 0.3 is 0 Å². The third-order valence-electron chi connectivity index (χ3n) is 4.43. The van der Waals surface area contributed by atoms with Gasteiger partial charge in [0.25, 0.3) is 10.2 Å². The Balaban J connectivity index is 1.81. The van der Waals surface area contributed by atoms with Crippen molar-refractivity contribution in [2.45, 2.75) is 19.4 Å². The summed E-state index contributed by atoms with van der Waals surface area (Å²) in [6.45, 7) is 4.49. The minimum atomic E-state index is -3.45. The van der Waals surface area contributed by atoms with Crippen molar-refractivity contribution in [1.29, 1.82) is 0 Å². The maximum Gasteiger partial charge on any atom is 0.279 e. The molecule has 1 N–H and O–H groups in total. The fourth-order valence-corrected chi connectivity index (χ4v) is 3.99. The molecule has 0 saturated carbocycles. The minimum Gasteiger partial charge on any atom is -0.383 e. The fourth-order valence-electron chi connectivity index (χ4n) is 3.00. The van der Waals surface area contributed by atoms with Gasteiger partial charge in [0.2, 0.25) is 0 Å². The molecule has 1 heterocycles. The van der Waals surface area contributed by atoms with Gasteiger partial charge in [0.1, 0.15) is 0 Å². The van der Waals surface area contributed by atoms with E-state index in [0.717, 1.165) is 44.6 Å². The number of nitrogens with zero attached hydrogens (tertiary/aromatic N) is 2. The number of methoxy groups -OCH3 is 1. The molecule has 0 bridgehead atoms. The molecule has 24 heavy (non-hydrogen) atoms. The number of likely N-dealkylation sites (tertiary alicyclic amines) is 1. The molecule has 1 aromatic carbocycles. The number of hydrogen-bond acceptors (Lipinski definition) is 4. The molecule has 0 radical (unpaired) electrons. The molecule has 7 heteroatoms. The van der Waals surface area contributed by atoms with E-state index in [9.17, 15) is 8.42 Å².